The molecule has 1 fully saturated rings. The van der Waals surface area contributed by atoms with Gasteiger partial charge in [-0.05, 0) is 0 Å². The van der Waals surface area contributed by atoms with E-state index in [0.29, 0.717) is 0 Å². The number of nitrogens with two attached hydrogens (primary N) is 1. The van der Waals surface area contributed by atoms with Crippen LogP contribution in [0.3, 0.4) is 0 Å². The molecule has 28 heavy (non-hydrogen) atoms. The molecule has 1 amide bonds. The van der Waals surface area contributed by atoms with Gasteiger partial charge < -0.3 is 15.6 Å². The molecule has 6 N–H and O–H groups in total. The van der Waals surface area contributed by atoms with Crippen molar-refractivity contribution in [1.29, 1.82) is 0 Å². The van der Waals surface area contributed by atoms with E-state index in [-0.39, 0.29) is 28.9 Å². The highest BCUT2D eigenvalue weighted by atomic mass is 31.1. The Morgan fingerprint density at radius 1 is 1.57 bits per heavy atom. The Bertz CT molecular complexity index is 959. The fourth-order valence-corrected chi connectivity index (χ4v) is 3.31. The maximum Gasteiger partial charge on any atom is 0.695 e. The minimum absolute atomic E-state index is 0.0171. The number of fused-ring (bicyclic) bond motifs is 1. The highest BCUT2D eigenvalue weighted by molar-refractivity contribution is 7.32. The average molecular weight is 415 g/mol. The SMILES string of the molecule is CC(C)C(=O)Nc1nc2c(ncn2[C@@H]2O[C@H](CO)[C@@H](O[P+](=O)O)[C@H]2N)c(=O)[nH]1. The maximum absolute atomic E-state index is 12.3. The number of H-pyrrole nitrogens is 1. The van der Waals surface area contributed by atoms with E-state index >= 15 is 0 Å². The van der Waals surface area contributed by atoms with E-state index in [1.54, 1.807) is 13.8 Å². The van der Waals surface area contributed by atoms with E-state index < -0.39 is 44.9 Å². The van der Waals surface area contributed by atoms with Crippen molar-refractivity contribution in [3.05, 3.63) is 16.7 Å². The van der Waals surface area contributed by atoms with Crippen LogP contribution in [0.2, 0.25) is 0 Å². The van der Waals surface area contributed by atoms with Crippen molar-refractivity contribution < 1.29 is 28.6 Å². The number of rotatable bonds is 6. The van der Waals surface area contributed by atoms with Crippen molar-refractivity contribution in [2.75, 3.05) is 11.9 Å². The van der Waals surface area contributed by atoms with Crippen molar-refractivity contribution in [2.45, 2.75) is 38.3 Å². The number of aromatic amines is 1. The van der Waals surface area contributed by atoms with E-state index in [2.05, 4.69) is 20.3 Å². The quantitative estimate of drug-likeness (QED) is 0.364. The van der Waals surface area contributed by atoms with Gasteiger partial charge in [-0.2, -0.15) is 4.98 Å². The molecular weight excluding hydrogens is 395 g/mol. The molecule has 0 aromatic carbocycles. The van der Waals surface area contributed by atoms with Gasteiger partial charge in [-0.25, -0.2) is 4.98 Å². The zero-order valence-corrected chi connectivity index (χ0v) is 15.9. The molecule has 5 atom stereocenters. The topological polar surface area (TPSA) is 195 Å². The number of aromatic nitrogens is 4. The number of hydrogen-bond donors (Lipinski definition) is 5. The second kappa shape index (κ2) is 7.99. The normalized spacial score (nSPS) is 25.4. The molecular formula is C14H20N6O7P+. The Hall–Kier alpha value is -2.28. The van der Waals surface area contributed by atoms with Gasteiger partial charge in [-0.15, -0.1) is 9.42 Å². The summed E-state index contributed by atoms with van der Waals surface area (Å²) in [4.78, 5) is 43.8. The number of nitrogens with zero attached hydrogens (tertiary/aromatic N) is 3. The van der Waals surface area contributed by atoms with Gasteiger partial charge in [-0.1, -0.05) is 13.8 Å². The third-order valence-corrected chi connectivity index (χ3v) is 4.68. The fraction of sp³-hybridized carbons (Fsp3) is 0.571. The molecule has 3 rings (SSSR count). The lowest BCUT2D eigenvalue weighted by molar-refractivity contribution is -0.118. The van der Waals surface area contributed by atoms with E-state index in [0.717, 1.165) is 0 Å². The summed E-state index contributed by atoms with van der Waals surface area (Å²) < 4.78 is 22.9. The summed E-state index contributed by atoms with van der Waals surface area (Å²) in [5.41, 5.74) is 5.56. The minimum Gasteiger partial charge on any atom is -0.394 e. The number of aliphatic hydroxyl groups is 1. The summed E-state index contributed by atoms with van der Waals surface area (Å²) in [5.74, 6) is -0.751. The van der Waals surface area contributed by atoms with Gasteiger partial charge in [0.05, 0.1) is 19.0 Å². The second-order valence-electron chi connectivity index (χ2n) is 6.52. The van der Waals surface area contributed by atoms with Crippen LogP contribution < -0.4 is 16.6 Å². The largest absolute Gasteiger partial charge is 0.695 e. The van der Waals surface area contributed by atoms with Crippen LogP contribution in [0.25, 0.3) is 11.2 Å². The fourth-order valence-electron chi connectivity index (χ4n) is 2.83. The third kappa shape index (κ3) is 3.81. The molecule has 2 aromatic rings. The number of carbonyl (C=O) groups is 1. The van der Waals surface area contributed by atoms with Crippen LogP contribution >= 0.6 is 8.25 Å². The zero-order chi connectivity index (χ0) is 20.6. The first-order valence-corrected chi connectivity index (χ1v) is 9.48. The number of anilines is 1. The molecule has 0 radical (unpaired) electrons. The summed E-state index contributed by atoms with van der Waals surface area (Å²) in [6.45, 7) is 2.86. The van der Waals surface area contributed by atoms with E-state index in [1.165, 1.54) is 10.9 Å². The Balaban J connectivity index is 1.99. The number of nitrogens with one attached hydrogen (secondary N) is 2. The van der Waals surface area contributed by atoms with Crippen LogP contribution in [0.5, 0.6) is 0 Å². The Labute approximate surface area is 158 Å². The lowest BCUT2D eigenvalue weighted by Gasteiger charge is -2.17. The number of aliphatic hydroxyl groups excluding tert-OH is 1. The first-order chi connectivity index (χ1) is 13.2. The molecule has 0 saturated carbocycles. The van der Waals surface area contributed by atoms with Crippen LogP contribution in [-0.4, -0.2) is 60.3 Å². The zero-order valence-electron chi connectivity index (χ0n) is 15.0. The highest BCUT2D eigenvalue weighted by Gasteiger charge is 2.49. The van der Waals surface area contributed by atoms with E-state index in [4.69, 9.17) is 19.9 Å². The summed E-state index contributed by atoms with van der Waals surface area (Å²) in [6, 6.07) is -0.963. The number of amides is 1. The average Bonchev–Trinajstić information content (AvgIpc) is 3.16. The first-order valence-electron chi connectivity index (χ1n) is 8.35. The van der Waals surface area contributed by atoms with Crippen molar-refractivity contribution >= 4 is 31.3 Å². The Kier molecular flexibility index (Phi) is 5.84. The van der Waals surface area contributed by atoms with Crippen molar-refractivity contribution in [3.63, 3.8) is 0 Å². The Morgan fingerprint density at radius 2 is 2.29 bits per heavy atom. The van der Waals surface area contributed by atoms with Crippen LogP contribution in [-0.2, 0) is 18.6 Å². The van der Waals surface area contributed by atoms with Gasteiger partial charge in [0.1, 0.15) is 6.10 Å². The van der Waals surface area contributed by atoms with Gasteiger partial charge in [0, 0.05) is 10.5 Å². The molecule has 1 aliphatic heterocycles. The molecule has 0 bridgehead atoms. The monoisotopic (exact) mass is 415 g/mol. The van der Waals surface area contributed by atoms with Gasteiger partial charge in [0.15, 0.2) is 23.5 Å². The number of imidazole rings is 1. The van der Waals surface area contributed by atoms with Crippen LogP contribution in [0.1, 0.15) is 20.1 Å². The highest BCUT2D eigenvalue weighted by Crippen LogP contribution is 2.35. The molecule has 13 nitrogen and oxygen atoms in total. The molecule has 1 unspecified atom stereocenters. The molecule has 152 valence electrons. The first kappa shape index (κ1) is 20.5. The second-order valence-corrected chi connectivity index (χ2v) is 7.20. The lowest BCUT2D eigenvalue weighted by Crippen LogP contribution is -2.40. The van der Waals surface area contributed by atoms with E-state index in [9.17, 15) is 19.3 Å². The molecule has 2 aromatic heterocycles. The summed E-state index contributed by atoms with van der Waals surface area (Å²) in [5, 5.41) is 11.9. The van der Waals surface area contributed by atoms with Crippen molar-refractivity contribution in [1.82, 2.24) is 19.5 Å². The molecule has 3 heterocycles. The van der Waals surface area contributed by atoms with Gasteiger partial charge in [0.2, 0.25) is 11.9 Å². The molecule has 0 spiro atoms. The molecule has 14 heteroatoms. The van der Waals surface area contributed by atoms with Crippen LogP contribution in [0, 0.1) is 5.92 Å². The van der Waals surface area contributed by atoms with E-state index in [1.807, 2.05) is 0 Å². The van der Waals surface area contributed by atoms with Crippen LogP contribution in [0.15, 0.2) is 11.1 Å². The summed E-state index contributed by atoms with van der Waals surface area (Å²) in [6.07, 6.45) is -1.75. The van der Waals surface area contributed by atoms with Crippen LogP contribution in [0.4, 0.5) is 5.95 Å². The van der Waals surface area contributed by atoms with Crippen molar-refractivity contribution in [2.24, 2.45) is 11.7 Å². The summed E-state index contributed by atoms with van der Waals surface area (Å²) >= 11 is 0. The smallest absolute Gasteiger partial charge is 0.394 e. The van der Waals surface area contributed by atoms with Crippen molar-refractivity contribution in [3.8, 4) is 0 Å². The Morgan fingerprint density at radius 3 is 2.89 bits per heavy atom. The maximum atomic E-state index is 12.3. The predicted octanol–water partition coefficient (Wildman–Crippen LogP) is -1.03. The third-order valence-electron chi connectivity index (χ3n) is 4.25. The molecule has 0 aliphatic carbocycles. The summed E-state index contributed by atoms with van der Waals surface area (Å²) in [7, 11) is -2.97. The standard InChI is InChI=1S/C14H19N6O7P/c1-5(2)11(22)18-14-17-10-8(12(23)19-14)16-4-20(10)13-7(15)9(27-28(24)25)6(3-21)26-13/h4-7,9,13,21H,3,15H2,1-2H3,(H2-,17,18,19,22,23,24,25)/p+1/t6-,7-,9-,13-/m1/s1. The number of hydrogen-bond acceptors (Lipinski definition) is 9. The van der Waals surface area contributed by atoms with Gasteiger partial charge in [-0.3, -0.25) is 24.5 Å². The lowest BCUT2D eigenvalue weighted by atomic mass is 10.1. The molecule has 1 saturated heterocycles. The molecule has 1 aliphatic rings. The van der Waals surface area contributed by atoms with Gasteiger partial charge in [0.25, 0.3) is 5.56 Å². The number of ether oxygens (including phenoxy) is 1. The number of carbonyl (C=O) groups excluding carboxylic acids is 1. The van der Waals surface area contributed by atoms with Gasteiger partial charge >= 0.3 is 8.25 Å². The minimum atomic E-state index is -2.97. The predicted molar refractivity (Wildman–Crippen MR) is 95.3 cm³/mol.